The van der Waals surface area contributed by atoms with Crippen LogP contribution in [-0.4, -0.2) is 25.2 Å². The molecule has 0 aromatic heterocycles. The highest BCUT2D eigenvalue weighted by atomic mass is 15.0. The van der Waals surface area contributed by atoms with Crippen LogP contribution in [0.5, 0.6) is 0 Å². The standard InChI is InChI=1S/C11H22N2/c1-11(2,9-5-3-7-12-9)10-6-4-8-13-10/h9-10,12-13H,3-8H2,1-2H3/t9-,10-/m1/s1. The summed E-state index contributed by atoms with van der Waals surface area (Å²) < 4.78 is 0. The second kappa shape index (κ2) is 3.58. The van der Waals surface area contributed by atoms with Crippen molar-refractivity contribution in [3.05, 3.63) is 0 Å². The van der Waals surface area contributed by atoms with E-state index in [0.717, 1.165) is 12.1 Å². The van der Waals surface area contributed by atoms with Crippen LogP contribution in [0, 0.1) is 5.41 Å². The minimum Gasteiger partial charge on any atom is -0.313 e. The summed E-state index contributed by atoms with van der Waals surface area (Å²) in [6, 6.07) is 1.48. The Morgan fingerprint density at radius 1 is 0.923 bits per heavy atom. The van der Waals surface area contributed by atoms with Gasteiger partial charge in [0.25, 0.3) is 0 Å². The number of hydrogen-bond donors (Lipinski definition) is 2. The summed E-state index contributed by atoms with van der Waals surface area (Å²) >= 11 is 0. The van der Waals surface area contributed by atoms with E-state index in [0.29, 0.717) is 5.41 Å². The van der Waals surface area contributed by atoms with Crippen molar-refractivity contribution in [2.75, 3.05) is 13.1 Å². The monoisotopic (exact) mass is 182 g/mol. The third-order valence-corrected chi connectivity index (χ3v) is 3.92. The molecule has 2 saturated heterocycles. The van der Waals surface area contributed by atoms with E-state index in [2.05, 4.69) is 24.5 Å². The van der Waals surface area contributed by atoms with Gasteiger partial charge in [0.15, 0.2) is 0 Å². The van der Waals surface area contributed by atoms with Gasteiger partial charge >= 0.3 is 0 Å². The van der Waals surface area contributed by atoms with E-state index in [1.807, 2.05) is 0 Å². The van der Waals surface area contributed by atoms with Crippen molar-refractivity contribution in [3.63, 3.8) is 0 Å². The van der Waals surface area contributed by atoms with Gasteiger partial charge in [-0.25, -0.2) is 0 Å². The van der Waals surface area contributed by atoms with Gasteiger partial charge in [0.2, 0.25) is 0 Å². The van der Waals surface area contributed by atoms with Gasteiger partial charge in [-0.05, 0) is 44.2 Å². The van der Waals surface area contributed by atoms with Crippen LogP contribution < -0.4 is 10.6 Å². The average molecular weight is 182 g/mol. The molecule has 0 aromatic carbocycles. The molecule has 2 nitrogen and oxygen atoms in total. The lowest BCUT2D eigenvalue weighted by Crippen LogP contribution is -2.49. The molecule has 2 heteroatoms. The molecule has 0 unspecified atom stereocenters. The van der Waals surface area contributed by atoms with Gasteiger partial charge in [0, 0.05) is 12.1 Å². The molecule has 2 atom stereocenters. The highest BCUT2D eigenvalue weighted by Gasteiger charge is 2.39. The quantitative estimate of drug-likeness (QED) is 0.676. The van der Waals surface area contributed by atoms with E-state index in [1.54, 1.807) is 0 Å². The topological polar surface area (TPSA) is 24.1 Å². The predicted octanol–water partition coefficient (Wildman–Crippen LogP) is 1.52. The van der Waals surface area contributed by atoms with Crippen LogP contribution in [0.2, 0.25) is 0 Å². The molecule has 0 aromatic rings. The second-order valence-corrected chi connectivity index (χ2v) is 5.12. The van der Waals surface area contributed by atoms with Crippen molar-refractivity contribution >= 4 is 0 Å². The lowest BCUT2D eigenvalue weighted by atomic mass is 9.76. The molecule has 0 aliphatic carbocycles. The van der Waals surface area contributed by atoms with Crippen LogP contribution in [0.1, 0.15) is 39.5 Å². The van der Waals surface area contributed by atoms with Gasteiger partial charge in [-0.2, -0.15) is 0 Å². The van der Waals surface area contributed by atoms with E-state index in [9.17, 15) is 0 Å². The van der Waals surface area contributed by atoms with Gasteiger partial charge in [-0.1, -0.05) is 13.8 Å². The minimum absolute atomic E-state index is 0.438. The van der Waals surface area contributed by atoms with Gasteiger partial charge in [-0.15, -0.1) is 0 Å². The number of hydrogen-bond acceptors (Lipinski definition) is 2. The van der Waals surface area contributed by atoms with Crippen molar-refractivity contribution < 1.29 is 0 Å². The van der Waals surface area contributed by atoms with Crippen molar-refractivity contribution in [2.24, 2.45) is 5.41 Å². The molecule has 0 saturated carbocycles. The molecule has 0 spiro atoms. The van der Waals surface area contributed by atoms with Crippen LogP contribution in [0.4, 0.5) is 0 Å². The maximum absolute atomic E-state index is 3.63. The van der Waals surface area contributed by atoms with E-state index < -0.39 is 0 Å². The zero-order chi connectivity index (χ0) is 9.31. The van der Waals surface area contributed by atoms with Crippen molar-refractivity contribution in [3.8, 4) is 0 Å². The first kappa shape index (κ1) is 9.47. The average Bonchev–Trinajstić information content (AvgIpc) is 2.78. The molecule has 2 heterocycles. The molecule has 2 aliphatic heterocycles. The smallest absolute Gasteiger partial charge is 0.0134 e. The van der Waals surface area contributed by atoms with E-state index in [-0.39, 0.29) is 0 Å². The summed E-state index contributed by atoms with van der Waals surface area (Å²) in [6.45, 7) is 7.28. The zero-order valence-corrected chi connectivity index (χ0v) is 8.90. The normalized spacial score (nSPS) is 35.5. The van der Waals surface area contributed by atoms with Crippen LogP contribution in [0.15, 0.2) is 0 Å². The van der Waals surface area contributed by atoms with Crippen LogP contribution >= 0.6 is 0 Å². The Balaban J connectivity index is 1.99. The third kappa shape index (κ3) is 1.75. The SMILES string of the molecule is CC(C)([C@H]1CCCN1)[C@H]1CCCN1. The fraction of sp³-hybridized carbons (Fsp3) is 1.00. The molecule has 2 aliphatic rings. The maximum atomic E-state index is 3.63. The third-order valence-electron chi connectivity index (χ3n) is 3.92. The Morgan fingerprint density at radius 2 is 1.38 bits per heavy atom. The summed E-state index contributed by atoms with van der Waals surface area (Å²) in [5.74, 6) is 0. The highest BCUT2D eigenvalue weighted by Crippen LogP contribution is 2.34. The molecule has 2 rings (SSSR count). The largest absolute Gasteiger partial charge is 0.313 e. The first-order valence-corrected chi connectivity index (χ1v) is 5.68. The zero-order valence-electron chi connectivity index (χ0n) is 8.90. The van der Waals surface area contributed by atoms with Crippen molar-refractivity contribution in [2.45, 2.75) is 51.6 Å². The van der Waals surface area contributed by atoms with Crippen molar-refractivity contribution in [1.29, 1.82) is 0 Å². The van der Waals surface area contributed by atoms with Gasteiger partial charge < -0.3 is 10.6 Å². The summed E-state index contributed by atoms with van der Waals surface area (Å²) in [4.78, 5) is 0. The molecular formula is C11H22N2. The Kier molecular flexibility index (Phi) is 2.61. The van der Waals surface area contributed by atoms with E-state index in [1.165, 1.54) is 38.8 Å². The molecule has 0 bridgehead atoms. The number of nitrogens with one attached hydrogen (secondary N) is 2. The summed E-state index contributed by atoms with van der Waals surface area (Å²) in [5.41, 5.74) is 0.438. The van der Waals surface area contributed by atoms with Crippen LogP contribution in [0.25, 0.3) is 0 Å². The summed E-state index contributed by atoms with van der Waals surface area (Å²) in [6.07, 6.45) is 5.46. The van der Waals surface area contributed by atoms with Gasteiger partial charge in [0.05, 0.1) is 0 Å². The molecule has 13 heavy (non-hydrogen) atoms. The highest BCUT2D eigenvalue weighted by molar-refractivity contribution is 4.97. The van der Waals surface area contributed by atoms with E-state index >= 15 is 0 Å². The molecule has 0 radical (unpaired) electrons. The second-order valence-electron chi connectivity index (χ2n) is 5.12. The molecule has 2 fully saturated rings. The fourth-order valence-electron chi connectivity index (χ4n) is 2.88. The Hall–Kier alpha value is -0.0800. The van der Waals surface area contributed by atoms with Crippen molar-refractivity contribution in [1.82, 2.24) is 10.6 Å². The number of rotatable bonds is 2. The molecule has 2 N–H and O–H groups in total. The minimum atomic E-state index is 0.438. The maximum Gasteiger partial charge on any atom is 0.0134 e. The van der Waals surface area contributed by atoms with Gasteiger partial charge in [0.1, 0.15) is 0 Å². The summed E-state index contributed by atoms with van der Waals surface area (Å²) in [5, 5.41) is 7.27. The molecule has 0 amide bonds. The Bertz CT molecular complexity index is 147. The van der Waals surface area contributed by atoms with Crippen LogP contribution in [0.3, 0.4) is 0 Å². The lowest BCUT2D eigenvalue weighted by molar-refractivity contribution is 0.193. The predicted molar refractivity (Wildman–Crippen MR) is 55.8 cm³/mol. The van der Waals surface area contributed by atoms with Crippen LogP contribution in [-0.2, 0) is 0 Å². The van der Waals surface area contributed by atoms with Gasteiger partial charge in [-0.3, -0.25) is 0 Å². The summed E-state index contributed by atoms with van der Waals surface area (Å²) in [7, 11) is 0. The first-order valence-electron chi connectivity index (χ1n) is 5.68. The Morgan fingerprint density at radius 3 is 1.69 bits per heavy atom. The van der Waals surface area contributed by atoms with E-state index in [4.69, 9.17) is 0 Å². The molecule has 76 valence electrons. The molecular weight excluding hydrogens is 160 g/mol. The lowest BCUT2D eigenvalue weighted by Gasteiger charge is -2.37. The fourth-order valence-corrected chi connectivity index (χ4v) is 2.88. The first-order chi connectivity index (χ1) is 6.21. The Labute approximate surface area is 81.5 Å².